The van der Waals surface area contributed by atoms with E-state index in [1.165, 1.54) is 77.0 Å². The number of halogens is 1. The number of unbranched alkanes of at least 4 members (excludes halogenated alkanes) is 12. The monoisotopic (exact) mass is 396 g/mol. The minimum Gasteiger partial charge on any atom is -0.465 e. The fourth-order valence-corrected chi connectivity index (χ4v) is 2.56. The normalized spacial score (nSPS) is 10.7. The van der Waals surface area contributed by atoms with Crippen molar-refractivity contribution in [3.05, 3.63) is 0 Å². The summed E-state index contributed by atoms with van der Waals surface area (Å²) in [5.41, 5.74) is 0. The highest BCUT2D eigenvalue weighted by molar-refractivity contribution is 14.1. The average Bonchev–Trinajstić information content (AvgIpc) is 2.47. The lowest BCUT2D eigenvalue weighted by molar-refractivity contribution is -0.140. The van der Waals surface area contributed by atoms with Crippen LogP contribution >= 0.6 is 22.6 Å². The number of esters is 1. The molecule has 0 saturated heterocycles. The molecule has 0 aliphatic heterocycles. The molecule has 0 aliphatic rings. The van der Waals surface area contributed by atoms with Crippen molar-refractivity contribution in [1.29, 1.82) is 0 Å². The summed E-state index contributed by atoms with van der Waals surface area (Å²) < 4.78 is 5.51. The Hall–Kier alpha value is 0.200. The number of hydrogen-bond donors (Lipinski definition) is 0. The molecule has 0 N–H and O–H groups in total. The molecule has 0 fully saturated rings. The molecule has 20 heavy (non-hydrogen) atoms. The van der Waals surface area contributed by atoms with E-state index in [9.17, 15) is 4.79 Å². The molecule has 0 radical (unpaired) electrons. The summed E-state index contributed by atoms with van der Waals surface area (Å²) in [4.78, 5) is 10.9. The van der Waals surface area contributed by atoms with Crippen LogP contribution in [0.25, 0.3) is 0 Å². The molecule has 0 heterocycles. The van der Waals surface area contributed by atoms with E-state index < -0.39 is 0 Å². The van der Waals surface area contributed by atoms with Crippen LogP contribution in [-0.2, 0) is 9.53 Å². The lowest BCUT2D eigenvalue weighted by atomic mass is 10.0. The summed E-state index contributed by atoms with van der Waals surface area (Å²) in [5, 5.41) is 0. The van der Waals surface area contributed by atoms with Gasteiger partial charge in [-0.05, 0) is 6.42 Å². The van der Waals surface area contributed by atoms with E-state index in [-0.39, 0.29) is 5.97 Å². The largest absolute Gasteiger partial charge is 0.465 e. The predicted octanol–water partition coefficient (Wildman–Crippen LogP) is 6.06. The lowest BCUT2D eigenvalue weighted by Gasteiger charge is -2.04. The van der Waals surface area contributed by atoms with Crippen LogP contribution in [0.1, 0.15) is 90.4 Å². The summed E-state index contributed by atoms with van der Waals surface area (Å²) >= 11 is 2.04. The summed E-state index contributed by atoms with van der Waals surface area (Å²) in [6.45, 7) is 2.88. The van der Waals surface area contributed by atoms with Gasteiger partial charge in [0.1, 0.15) is 0 Å². The first-order chi connectivity index (χ1) is 9.81. The second-order valence-electron chi connectivity index (χ2n) is 5.60. The maximum absolute atomic E-state index is 10.9. The van der Waals surface area contributed by atoms with Crippen LogP contribution in [0, 0.1) is 0 Å². The van der Waals surface area contributed by atoms with Gasteiger partial charge >= 0.3 is 5.97 Å². The van der Waals surface area contributed by atoms with Gasteiger partial charge in [-0.2, -0.15) is 0 Å². The molecular formula is C17H33IO2. The Morgan fingerprint density at radius 1 is 0.750 bits per heavy atom. The van der Waals surface area contributed by atoms with Crippen LogP contribution in [-0.4, -0.2) is 17.0 Å². The highest BCUT2D eigenvalue weighted by Gasteiger charge is 1.98. The Balaban J connectivity index is 2.97. The molecule has 0 atom stereocenters. The van der Waals surface area contributed by atoms with E-state index in [4.69, 9.17) is 4.74 Å². The van der Waals surface area contributed by atoms with Gasteiger partial charge in [0.25, 0.3) is 0 Å². The fourth-order valence-electron chi connectivity index (χ4n) is 2.34. The number of carbonyl (C=O) groups is 1. The minimum absolute atomic E-state index is 0.0791. The van der Waals surface area contributed by atoms with E-state index in [1.54, 1.807) is 0 Å². The van der Waals surface area contributed by atoms with Crippen molar-refractivity contribution in [3.63, 3.8) is 0 Å². The van der Waals surface area contributed by atoms with Gasteiger partial charge < -0.3 is 4.74 Å². The maximum Gasteiger partial charge on any atom is 0.315 e. The zero-order chi connectivity index (χ0) is 14.9. The third kappa shape index (κ3) is 16.3. The van der Waals surface area contributed by atoms with Gasteiger partial charge in [0, 0.05) is 0 Å². The third-order valence-corrected chi connectivity index (χ3v) is 4.24. The van der Waals surface area contributed by atoms with Gasteiger partial charge in [-0.15, -0.1) is 0 Å². The first-order valence-corrected chi connectivity index (χ1v) is 10.1. The summed E-state index contributed by atoms with van der Waals surface area (Å²) in [6, 6.07) is 0. The van der Waals surface area contributed by atoms with E-state index in [0.717, 1.165) is 6.42 Å². The zero-order valence-electron chi connectivity index (χ0n) is 13.3. The number of ether oxygens (including phenoxy) is 1. The molecular weight excluding hydrogens is 363 g/mol. The lowest BCUT2D eigenvalue weighted by Crippen LogP contribution is -2.06. The van der Waals surface area contributed by atoms with Gasteiger partial charge in [0.15, 0.2) is 0 Å². The van der Waals surface area contributed by atoms with Crippen LogP contribution < -0.4 is 0 Å². The molecule has 0 aliphatic carbocycles. The smallest absolute Gasteiger partial charge is 0.315 e. The maximum atomic E-state index is 10.9. The molecule has 0 amide bonds. The Kier molecular flexibility index (Phi) is 17.4. The Labute approximate surface area is 139 Å². The SMILES string of the molecule is CCCCCCCCCCCCCCCOC(=O)CI. The molecule has 120 valence electrons. The zero-order valence-corrected chi connectivity index (χ0v) is 15.5. The van der Waals surface area contributed by atoms with E-state index in [2.05, 4.69) is 6.92 Å². The molecule has 2 nitrogen and oxygen atoms in total. The Morgan fingerprint density at radius 2 is 1.15 bits per heavy atom. The molecule has 0 aromatic rings. The second kappa shape index (κ2) is 17.3. The van der Waals surface area contributed by atoms with Crippen molar-refractivity contribution in [2.24, 2.45) is 0 Å². The second-order valence-corrected chi connectivity index (χ2v) is 6.36. The minimum atomic E-state index is -0.0791. The first kappa shape index (κ1) is 20.2. The summed E-state index contributed by atoms with van der Waals surface area (Å²) in [5.74, 6) is -0.0791. The molecule has 3 heteroatoms. The highest BCUT2D eigenvalue weighted by atomic mass is 127. The molecule has 0 aromatic carbocycles. The van der Waals surface area contributed by atoms with Crippen LogP contribution in [0.5, 0.6) is 0 Å². The van der Waals surface area contributed by atoms with Crippen molar-refractivity contribution in [1.82, 2.24) is 0 Å². The van der Waals surface area contributed by atoms with Crippen LogP contribution in [0.2, 0.25) is 0 Å². The van der Waals surface area contributed by atoms with E-state index in [0.29, 0.717) is 11.0 Å². The number of alkyl halides is 1. The average molecular weight is 396 g/mol. The van der Waals surface area contributed by atoms with Crippen molar-refractivity contribution in [3.8, 4) is 0 Å². The molecule has 0 spiro atoms. The van der Waals surface area contributed by atoms with Crippen LogP contribution in [0.4, 0.5) is 0 Å². The van der Waals surface area contributed by atoms with Crippen LogP contribution in [0.15, 0.2) is 0 Å². The van der Waals surface area contributed by atoms with E-state index in [1.807, 2.05) is 22.6 Å². The van der Waals surface area contributed by atoms with Gasteiger partial charge in [-0.1, -0.05) is 107 Å². The molecule has 0 unspecified atom stereocenters. The highest BCUT2D eigenvalue weighted by Crippen LogP contribution is 2.12. The van der Waals surface area contributed by atoms with Crippen molar-refractivity contribution in [2.45, 2.75) is 90.4 Å². The Bertz CT molecular complexity index is 207. The van der Waals surface area contributed by atoms with Crippen molar-refractivity contribution >= 4 is 28.6 Å². The molecule has 0 saturated carbocycles. The fraction of sp³-hybridized carbons (Fsp3) is 0.941. The summed E-state index contributed by atoms with van der Waals surface area (Å²) in [6.07, 6.45) is 17.5. The molecule has 0 aromatic heterocycles. The van der Waals surface area contributed by atoms with Crippen LogP contribution in [0.3, 0.4) is 0 Å². The Morgan fingerprint density at radius 3 is 1.55 bits per heavy atom. The van der Waals surface area contributed by atoms with Gasteiger partial charge in [-0.3, -0.25) is 4.79 Å². The van der Waals surface area contributed by atoms with Crippen molar-refractivity contribution in [2.75, 3.05) is 11.0 Å². The number of carbonyl (C=O) groups excluding carboxylic acids is 1. The number of hydrogen-bond acceptors (Lipinski definition) is 2. The predicted molar refractivity (Wildman–Crippen MR) is 95.5 cm³/mol. The summed E-state index contributed by atoms with van der Waals surface area (Å²) in [7, 11) is 0. The molecule has 0 rings (SSSR count). The van der Waals surface area contributed by atoms with E-state index >= 15 is 0 Å². The topological polar surface area (TPSA) is 26.3 Å². The quantitative estimate of drug-likeness (QED) is 0.146. The molecule has 0 bridgehead atoms. The van der Waals surface area contributed by atoms with Gasteiger partial charge in [0.2, 0.25) is 0 Å². The number of rotatable bonds is 15. The van der Waals surface area contributed by atoms with Gasteiger partial charge in [-0.25, -0.2) is 0 Å². The standard InChI is InChI=1S/C17H33IO2/c1-2-3-4-5-6-7-8-9-10-11-12-13-14-15-20-17(19)16-18/h2-16H2,1H3. The van der Waals surface area contributed by atoms with Crippen molar-refractivity contribution < 1.29 is 9.53 Å². The third-order valence-electron chi connectivity index (χ3n) is 3.62. The first-order valence-electron chi connectivity index (χ1n) is 8.52. The van der Waals surface area contributed by atoms with Gasteiger partial charge in [0.05, 0.1) is 11.0 Å².